The molecule has 0 atom stereocenters. The monoisotopic (exact) mass is 441 g/mol. The Bertz CT molecular complexity index is 1200. The predicted molar refractivity (Wildman–Crippen MR) is 116 cm³/mol. The Morgan fingerprint density at radius 3 is 2.59 bits per heavy atom. The topological polar surface area (TPSA) is 110 Å². The molecule has 3 aliphatic heterocycles. The number of amides is 1. The number of likely N-dealkylation sites (N-methyl/N-ethyl adjacent to an activating group) is 1. The van der Waals surface area contributed by atoms with E-state index in [1.54, 1.807) is 7.05 Å². The lowest BCUT2D eigenvalue weighted by molar-refractivity contribution is -0.123. The first-order valence-electron chi connectivity index (χ1n) is 10.7. The van der Waals surface area contributed by atoms with Gasteiger partial charge >= 0.3 is 5.97 Å². The SMILES string of the molecule is CN1CCCc2c1nc(N1CCC3(CC1)C(=O)N(C)c1cc(C(=O)O)cc(F)c13)[nH]c2=O. The molecule has 2 aromatic rings. The number of nitrogens with one attached hydrogen (secondary N) is 1. The summed E-state index contributed by atoms with van der Waals surface area (Å²) in [5.41, 5.74) is -0.119. The fourth-order valence-electron chi connectivity index (χ4n) is 5.32. The zero-order chi connectivity index (χ0) is 22.8. The van der Waals surface area contributed by atoms with E-state index in [-0.39, 0.29) is 22.6 Å². The number of halogens is 1. The fraction of sp³-hybridized carbons (Fsp3) is 0.455. The van der Waals surface area contributed by atoms with Crippen molar-refractivity contribution < 1.29 is 19.1 Å². The lowest BCUT2D eigenvalue weighted by atomic mass is 9.73. The van der Waals surface area contributed by atoms with E-state index in [2.05, 4.69) is 9.97 Å². The number of fused-ring (bicyclic) bond motifs is 3. The maximum atomic E-state index is 15.1. The number of rotatable bonds is 2. The predicted octanol–water partition coefficient (Wildman–Crippen LogP) is 1.50. The molecule has 1 spiro atoms. The van der Waals surface area contributed by atoms with Gasteiger partial charge in [0, 0.05) is 39.3 Å². The summed E-state index contributed by atoms with van der Waals surface area (Å²) < 4.78 is 15.1. The van der Waals surface area contributed by atoms with Gasteiger partial charge in [-0.05, 0) is 37.8 Å². The van der Waals surface area contributed by atoms with E-state index in [1.165, 1.54) is 11.0 Å². The van der Waals surface area contributed by atoms with Crippen molar-refractivity contribution in [3.63, 3.8) is 0 Å². The first-order valence-corrected chi connectivity index (χ1v) is 10.7. The zero-order valence-electron chi connectivity index (χ0n) is 17.9. The number of aromatic amines is 1. The first kappa shape index (κ1) is 20.5. The molecular formula is C22H24FN5O4. The number of carbonyl (C=O) groups excluding carboxylic acids is 1. The van der Waals surface area contributed by atoms with Crippen LogP contribution < -0.4 is 20.3 Å². The number of H-pyrrole nitrogens is 1. The van der Waals surface area contributed by atoms with Crippen molar-refractivity contribution in [3.05, 3.63) is 45.0 Å². The number of aromatic carboxylic acids is 1. The average molecular weight is 441 g/mol. The Hall–Kier alpha value is -3.43. The van der Waals surface area contributed by atoms with Crippen LogP contribution in [0, 0.1) is 5.82 Å². The molecule has 1 amide bonds. The van der Waals surface area contributed by atoms with Crippen LogP contribution >= 0.6 is 0 Å². The molecule has 0 aliphatic carbocycles. The quantitative estimate of drug-likeness (QED) is 0.727. The zero-order valence-corrected chi connectivity index (χ0v) is 17.9. The largest absolute Gasteiger partial charge is 0.478 e. The molecule has 0 saturated carbocycles. The van der Waals surface area contributed by atoms with Crippen LogP contribution in [-0.2, 0) is 16.6 Å². The summed E-state index contributed by atoms with van der Waals surface area (Å²) in [7, 11) is 3.46. The molecule has 3 aliphatic rings. The van der Waals surface area contributed by atoms with E-state index >= 15 is 4.39 Å². The molecule has 0 radical (unpaired) electrons. The minimum absolute atomic E-state index is 0.147. The van der Waals surface area contributed by atoms with Gasteiger partial charge in [0.15, 0.2) is 0 Å². The van der Waals surface area contributed by atoms with Crippen LogP contribution in [0.5, 0.6) is 0 Å². The van der Waals surface area contributed by atoms with Crippen LogP contribution in [0.3, 0.4) is 0 Å². The van der Waals surface area contributed by atoms with Gasteiger partial charge in [0.2, 0.25) is 11.9 Å². The molecule has 0 unspecified atom stereocenters. The van der Waals surface area contributed by atoms with Crippen molar-refractivity contribution in [2.24, 2.45) is 0 Å². The van der Waals surface area contributed by atoms with E-state index < -0.39 is 17.2 Å². The van der Waals surface area contributed by atoms with Crippen LogP contribution in [0.4, 0.5) is 21.8 Å². The summed E-state index contributed by atoms with van der Waals surface area (Å²) in [6, 6.07) is 2.35. The van der Waals surface area contributed by atoms with Crippen LogP contribution in [0.1, 0.15) is 40.7 Å². The van der Waals surface area contributed by atoms with Gasteiger partial charge in [-0.1, -0.05) is 0 Å². The molecule has 1 aromatic carbocycles. The van der Waals surface area contributed by atoms with Gasteiger partial charge in [-0.15, -0.1) is 0 Å². The third kappa shape index (κ3) is 2.81. The fourth-order valence-corrected chi connectivity index (χ4v) is 5.32. The molecule has 32 heavy (non-hydrogen) atoms. The number of nitrogens with zero attached hydrogens (tertiary/aromatic N) is 4. The first-order chi connectivity index (χ1) is 15.2. The summed E-state index contributed by atoms with van der Waals surface area (Å²) in [5, 5.41) is 9.26. The number of piperidine rings is 1. The normalized spacial score (nSPS) is 19.3. The second-order valence-electron chi connectivity index (χ2n) is 8.81. The maximum Gasteiger partial charge on any atom is 0.335 e. The Labute approximate surface area is 183 Å². The number of hydrogen-bond acceptors (Lipinski definition) is 6. The molecule has 1 aromatic heterocycles. The number of carboxylic acids is 1. The summed E-state index contributed by atoms with van der Waals surface area (Å²) in [6.07, 6.45) is 2.27. The Kier molecular flexibility index (Phi) is 4.51. The highest BCUT2D eigenvalue weighted by atomic mass is 19.1. The van der Waals surface area contributed by atoms with Crippen molar-refractivity contribution >= 4 is 29.3 Å². The molecule has 1 saturated heterocycles. The van der Waals surface area contributed by atoms with Crippen LogP contribution in [0.15, 0.2) is 16.9 Å². The average Bonchev–Trinajstić information content (AvgIpc) is 2.97. The van der Waals surface area contributed by atoms with Crippen LogP contribution in [-0.4, -0.2) is 60.7 Å². The minimum Gasteiger partial charge on any atom is -0.478 e. The number of benzene rings is 1. The van der Waals surface area contributed by atoms with Gasteiger partial charge in [0.05, 0.1) is 22.2 Å². The Morgan fingerprint density at radius 2 is 1.91 bits per heavy atom. The van der Waals surface area contributed by atoms with Crippen molar-refractivity contribution in [2.75, 3.05) is 48.4 Å². The second-order valence-corrected chi connectivity index (χ2v) is 8.81. The van der Waals surface area contributed by atoms with Gasteiger partial charge in [0.1, 0.15) is 11.6 Å². The third-order valence-corrected chi connectivity index (χ3v) is 7.05. The van der Waals surface area contributed by atoms with E-state index in [1.807, 2.05) is 16.8 Å². The highest BCUT2D eigenvalue weighted by molar-refractivity contribution is 6.09. The highest BCUT2D eigenvalue weighted by Crippen LogP contribution is 2.49. The molecule has 10 heteroatoms. The number of hydrogen-bond donors (Lipinski definition) is 2. The summed E-state index contributed by atoms with van der Waals surface area (Å²) >= 11 is 0. The molecule has 168 valence electrons. The van der Waals surface area contributed by atoms with Gasteiger partial charge in [0.25, 0.3) is 5.56 Å². The lowest BCUT2D eigenvalue weighted by Gasteiger charge is -2.39. The van der Waals surface area contributed by atoms with E-state index in [0.29, 0.717) is 55.4 Å². The van der Waals surface area contributed by atoms with Gasteiger partial charge in [-0.25, -0.2) is 9.18 Å². The second kappa shape index (κ2) is 7.04. The maximum absolute atomic E-state index is 15.1. The molecule has 1 fully saturated rings. The smallest absolute Gasteiger partial charge is 0.335 e. The molecule has 2 N–H and O–H groups in total. The lowest BCUT2D eigenvalue weighted by Crippen LogP contribution is -2.49. The number of carbonyl (C=O) groups is 2. The summed E-state index contributed by atoms with van der Waals surface area (Å²) in [4.78, 5) is 50.0. The molecule has 4 heterocycles. The van der Waals surface area contributed by atoms with E-state index in [4.69, 9.17) is 0 Å². The highest BCUT2D eigenvalue weighted by Gasteiger charge is 2.53. The van der Waals surface area contributed by atoms with Gasteiger partial charge in [-0.2, -0.15) is 4.98 Å². The molecule has 5 rings (SSSR count). The number of anilines is 3. The van der Waals surface area contributed by atoms with E-state index in [9.17, 15) is 19.5 Å². The molecular weight excluding hydrogens is 417 g/mol. The van der Waals surface area contributed by atoms with Gasteiger partial charge in [-0.3, -0.25) is 14.6 Å². The van der Waals surface area contributed by atoms with E-state index in [0.717, 1.165) is 19.0 Å². The summed E-state index contributed by atoms with van der Waals surface area (Å²) in [5.74, 6) is -1.01. The molecule has 9 nitrogen and oxygen atoms in total. The number of carboxylic acid groups (broad SMARTS) is 1. The molecule has 0 bridgehead atoms. The number of aromatic nitrogens is 2. The van der Waals surface area contributed by atoms with Gasteiger partial charge < -0.3 is 19.8 Å². The van der Waals surface area contributed by atoms with Crippen LogP contribution in [0.25, 0.3) is 0 Å². The third-order valence-electron chi connectivity index (χ3n) is 7.05. The van der Waals surface area contributed by atoms with Crippen LogP contribution in [0.2, 0.25) is 0 Å². The van der Waals surface area contributed by atoms with Crippen molar-refractivity contribution in [1.29, 1.82) is 0 Å². The minimum atomic E-state index is -1.24. The summed E-state index contributed by atoms with van der Waals surface area (Å²) in [6.45, 7) is 1.65. The van der Waals surface area contributed by atoms with Crippen molar-refractivity contribution in [1.82, 2.24) is 9.97 Å². The van der Waals surface area contributed by atoms with Crippen molar-refractivity contribution in [2.45, 2.75) is 31.1 Å². The standard InChI is InChI=1S/C22H24FN5O4/c1-26-7-3-4-13-17(26)24-21(25-18(13)29)28-8-5-22(6-9-28)16-14(23)10-12(19(30)31)11-15(16)27(2)20(22)32/h10-11H,3-9H2,1-2H3,(H,30,31)(H,24,25,29). The van der Waals surface area contributed by atoms with Crippen molar-refractivity contribution in [3.8, 4) is 0 Å². The Morgan fingerprint density at radius 1 is 1.19 bits per heavy atom. The Balaban J connectivity index is 1.47.